The molecule has 0 saturated carbocycles. The van der Waals surface area contributed by atoms with Crippen LogP contribution < -0.4 is 15.5 Å². The van der Waals surface area contributed by atoms with Crippen molar-refractivity contribution in [3.63, 3.8) is 0 Å². The fourth-order valence-corrected chi connectivity index (χ4v) is 5.92. The van der Waals surface area contributed by atoms with E-state index < -0.39 is 0 Å². The van der Waals surface area contributed by atoms with Gasteiger partial charge >= 0.3 is 0 Å². The van der Waals surface area contributed by atoms with Gasteiger partial charge < -0.3 is 10.2 Å². The zero-order valence-electron chi connectivity index (χ0n) is 18.6. The molecule has 0 bridgehead atoms. The Morgan fingerprint density at radius 3 is 2.82 bits per heavy atom. The first-order chi connectivity index (χ1) is 16.7. The van der Waals surface area contributed by atoms with Gasteiger partial charge in [-0.1, -0.05) is 12.1 Å². The quantitative estimate of drug-likeness (QED) is 0.560. The largest absolute Gasteiger partial charge is 0.341 e. The Hall–Kier alpha value is -2.69. The van der Waals surface area contributed by atoms with Crippen LogP contribution in [0.15, 0.2) is 47.0 Å². The maximum absolute atomic E-state index is 11.8. The van der Waals surface area contributed by atoms with E-state index in [-0.39, 0.29) is 11.1 Å². The summed E-state index contributed by atoms with van der Waals surface area (Å²) in [6.07, 6.45) is 9.61. The van der Waals surface area contributed by atoms with E-state index in [1.165, 1.54) is 11.3 Å². The smallest absolute Gasteiger partial charge is 0.290 e. The Bertz CT molecular complexity index is 1130. The van der Waals surface area contributed by atoms with Crippen LogP contribution in [0.1, 0.15) is 35.7 Å². The number of rotatable bonds is 7. The minimum Gasteiger partial charge on any atom is -0.341 e. The summed E-state index contributed by atoms with van der Waals surface area (Å²) in [7, 11) is 0. The van der Waals surface area contributed by atoms with Crippen LogP contribution in [0.2, 0.25) is 0 Å². The number of carbonyl (C=O) groups is 2. The number of hydrogen-bond acceptors (Lipinski definition) is 9. The van der Waals surface area contributed by atoms with Crippen LogP contribution in [-0.2, 0) is 11.3 Å². The molecule has 1 unspecified atom stereocenters. The molecule has 0 aromatic carbocycles. The average Bonchev–Trinajstić information content (AvgIpc) is 3.50. The van der Waals surface area contributed by atoms with Crippen molar-refractivity contribution in [3.8, 4) is 0 Å². The van der Waals surface area contributed by atoms with Crippen LogP contribution in [0, 0.1) is 5.92 Å². The van der Waals surface area contributed by atoms with E-state index >= 15 is 0 Å². The number of allylic oxidation sites excluding steroid dienone is 1. The normalized spacial score (nSPS) is 22.1. The summed E-state index contributed by atoms with van der Waals surface area (Å²) < 4.78 is 0. The molecule has 176 valence electrons. The molecule has 3 aliphatic heterocycles. The lowest BCUT2D eigenvalue weighted by Gasteiger charge is -2.32. The lowest BCUT2D eigenvalue weighted by atomic mass is 9.96. The second-order valence-electron chi connectivity index (χ2n) is 8.51. The van der Waals surface area contributed by atoms with Crippen molar-refractivity contribution < 1.29 is 9.59 Å². The molecule has 2 aromatic rings. The molecule has 3 aliphatic rings. The van der Waals surface area contributed by atoms with Crippen molar-refractivity contribution in [2.45, 2.75) is 25.3 Å². The lowest BCUT2D eigenvalue weighted by Crippen LogP contribution is -2.38. The third-order valence-electron chi connectivity index (χ3n) is 6.19. The standard InChI is InChI=1S/C24H26N6O2S2/c31-22-20(34-24(32)29-22)12-19-3-8-27-23(28-19)30-9-4-16(5-10-30)13-25-14-17-2-1-7-26-21(17)18-6-11-33-15-18/h1-3,6-8,11-12,16,18,25H,4-5,9-10,13-15H2,(H,29,31,32)/b20-12-. The first-order valence-electron chi connectivity index (χ1n) is 11.4. The van der Waals surface area contributed by atoms with E-state index in [1.807, 2.05) is 24.0 Å². The zero-order chi connectivity index (χ0) is 23.3. The number of pyridine rings is 1. The van der Waals surface area contributed by atoms with Crippen LogP contribution in [0.4, 0.5) is 10.7 Å². The Morgan fingerprint density at radius 1 is 1.18 bits per heavy atom. The molecule has 5 rings (SSSR count). The Morgan fingerprint density at radius 2 is 2.06 bits per heavy atom. The fourth-order valence-electron chi connectivity index (χ4n) is 4.37. The van der Waals surface area contributed by atoms with E-state index in [1.54, 1.807) is 18.3 Å². The van der Waals surface area contributed by atoms with Gasteiger partial charge in [-0.3, -0.25) is 19.9 Å². The van der Waals surface area contributed by atoms with Gasteiger partial charge in [-0.05, 0) is 66.2 Å². The van der Waals surface area contributed by atoms with Crippen molar-refractivity contribution in [2.24, 2.45) is 5.92 Å². The molecular weight excluding hydrogens is 468 g/mol. The predicted molar refractivity (Wildman–Crippen MR) is 136 cm³/mol. The molecule has 1 atom stereocenters. The molecule has 0 spiro atoms. The number of nitrogens with one attached hydrogen (secondary N) is 2. The average molecular weight is 495 g/mol. The van der Waals surface area contributed by atoms with Crippen LogP contribution in [0.3, 0.4) is 0 Å². The molecule has 5 heterocycles. The molecule has 34 heavy (non-hydrogen) atoms. The third-order valence-corrected chi connectivity index (χ3v) is 7.90. The number of thioether (sulfide) groups is 2. The first kappa shape index (κ1) is 23.1. The summed E-state index contributed by atoms with van der Waals surface area (Å²) in [5, 5.41) is 7.74. The van der Waals surface area contributed by atoms with Crippen LogP contribution in [-0.4, -0.2) is 51.5 Å². The van der Waals surface area contributed by atoms with Crippen molar-refractivity contribution in [3.05, 3.63) is 63.9 Å². The molecule has 2 N–H and O–H groups in total. The zero-order valence-corrected chi connectivity index (χ0v) is 20.3. The third kappa shape index (κ3) is 5.51. The highest BCUT2D eigenvalue weighted by Crippen LogP contribution is 2.30. The van der Waals surface area contributed by atoms with E-state index in [0.717, 1.165) is 56.5 Å². The molecule has 2 amide bonds. The highest BCUT2D eigenvalue weighted by Gasteiger charge is 2.26. The second kappa shape index (κ2) is 10.7. The Labute approximate surface area is 207 Å². The molecule has 0 radical (unpaired) electrons. The van der Waals surface area contributed by atoms with Gasteiger partial charge in [-0.2, -0.15) is 0 Å². The maximum Gasteiger partial charge on any atom is 0.290 e. The van der Waals surface area contributed by atoms with Gasteiger partial charge in [-0.25, -0.2) is 9.97 Å². The molecule has 0 aliphatic carbocycles. The molecule has 2 saturated heterocycles. The first-order valence-corrected chi connectivity index (χ1v) is 13.3. The molecule has 2 aromatic heterocycles. The number of anilines is 1. The van der Waals surface area contributed by atoms with Crippen molar-refractivity contribution in [2.75, 3.05) is 30.3 Å². The van der Waals surface area contributed by atoms with Gasteiger partial charge in [-0.15, -0.1) is 11.8 Å². The lowest BCUT2D eigenvalue weighted by molar-refractivity contribution is -0.115. The number of carbonyl (C=O) groups excluding carboxylic acids is 2. The molecule has 10 heteroatoms. The topological polar surface area (TPSA) is 100 Å². The summed E-state index contributed by atoms with van der Waals surface area (Å²) in [6, 6.07) is 5.94. The summed E-state index contributed by atoms with van der Waals surface area (Å²) in [6.45, 7) is 3.60. The minimum atomic E-state index is -0.375. The highest BCUT2D eigenvalue weighted by atomic mass is 32.2. The number of piperidine rings is 1. The van der Waals surface area contributed by atoms with E-state index in [9.17, 15) is 9.59 Å². The van der Waals surface area contributed by atoms with Gasteiger partial charge in [0, 0.05) is 43.7 Å². The van der Waals surface area contributed by atoms with Crippen molar-refractivity contribution in [1.82, 2.24) is 25.6 Å². The van der Waals surface area contributed by atoms with Crippen molar-refractivity contribution >= 4 is 46.7 Å². The molecular formula is C24H26N6O2S2. The minimum absolute atomic E-state index is 0.352. The summed E-state index contributed by atoms with van der Waals surface area (Å²) in [5.74, 6) is 2.39. The second-order valence-corrected chi connectivity index (χ2v) is 10.5. The fraction of sp³-hybridized carbons (Fsp3) is 0.375. The van der Waals surface area contributed by atoms with Crippen LogP contribution >= 0.6 is 23.5 Å². The molecule has 2 fully saturated rings. The summed E-state index contributed by atoms with van der Waals surface area (Å²) in [5.41, 5.74) is 3.10. The van der Waals surface area contributed by atoms with E-state index in [2.05, 4.69) is 48.0 Å². The number of aromatic nitrogens is 3. The monoisotopic (exact) mass is 494 g/mol. The van der Waals surface area contributed by atoms with Crippen LogP contribution in [0.5, 0.6) is 0 Å². The van der Waals surface area contributed by atoms with Crippen LogP contribution in [0.25, 0.3) is 6.08 Å². The van der Waals surface area contributed by atoms with Gasteiger partial charge in [0.05, 0.1) is 16.3 Å². The number of hydrogen-bond donors (Lipinski definition) is 2. The Kier molecular flexibility index (Phi) is 7.27. The maximum atomic E-state index is 11.8. The highest BCUT2D eigenvalue weighted by molar-refractivity contribution is 8.18. The van der Waals surface area contributed by atoms with E-state index in [0.29, 0.717) is 28.4 Å². The Balaban J connectivity index is 1.12. The van der Waals surface area contributed by atoms with Gasteiger partial charge in [0.2, 0.25) is 5.95 Å². The number of nitrogens with zero attached hydrogens (tertiary/aromatic N) is 4. The summed E-state index contributed by atoms with van der Waals surface area (Å²) in [4.78, 5) is 39.4. The SMILES string of the molecule is O=C1NC(=O)/C(=C/c2ccnc(N3CCC(CNCc4cccnc4C4C=CSC4)CC3)n2)S1. The van der Waals surface area contributed by atoms with Gasteiger partial charge in [0.25, 0.3) is 11.1 Å². The number of imide groups is 1. The molecule has 8 nitrogen and oxygen atoms in total. The van der Waals surface area contributed by atoms with Crippen molar-refractivity contribution in [1.29, 1.82) is 0 Å². The predicted octanol–water partition coefficient (Wildman–Crippen LogP) is 3.55. The number of amides is 2. The van der Waals surface area contributed by atoms with Gasteiger partial charge in [0.15, 0.2) is 0 Å². The summed E-state index contributed by atoms with van der Waals surface area (Å²) >= 11 is 2.74. The van der Waals surface area contributed by atoms with Gasteiger partial charge in [0.1, 0.15) is 0 Å². The van der Waals surface area contributed by atoms with E-state index in [4.69, 9.17) is 0 Å².